The molecule has 1 fully saturated rings. The molecule has 0 aliphatic heterocycles. The van der Waals surface area contributed by atoms with Gasteiger partial charge in [-0.05, 0) is 38.5 Å². The van der Waals surface area contributed by atoms with Crippen molar-refractivity contribution in [2.75, 3.05) is 0 Å². The highest BCUT2D eigenvalue weighted by atomic mass is 32.1. The maximum Gasteiger partial charge on any atom is 0.110 e. The van der Waals surface area contributed by atoms with Crippen LogP contribution >= 0.6 is 11.3 Å². The zero-order valence-electron chi connectivity index (χ0n) is 10.5. The molecule has 1 aromatic rings. The van der Waals surface area contributed by atoms with Gasteiger partial charge >= 0.3 is 0 Å². The minimum absolute atomic E-state index is 0.517. The van der Waals surface area contributed by atoms with Crippen molar-refractivity contribution in [2.24, 2.45) is 5.92 Å². The molecule has 1 aliphatic carbocycles. The van der Waals surface area contributed by atoms with E-state index >= 15 is 0 Å². The monoisotopic (exact) mass is 238 g/mol. The summed E-state index contributed by atoms with van der Waals surface area (Å²) < 4.78 is 0. The van der Waals surface area contributed by atoms with Crippen LogP contribution in [0.1, 0.15) is 55.5 Å². The summed E-state index contributed by atoms with van der Waals surface area (Å²) in [7, 11) is 0. The van der Waals surface area contributed by atoms with Gasteiger partial charge in [0.1, 0.15) is 5.01 Å². The molecule has 0 aromatic carbocycles. The van der Waals surface area contributed by atoms with Gasteiger partial charge in [0.2, 0.25) is 0 Å². The smallest absolute Gasteiger partial charge is 0.110 e. The van der Waals surface area contributed by atoms with Gasteiger partial charge < -0.3 is 5.32 Å². The first-order valence-corrected chi connectivity index (χ1v) is 7.24. The van der Waals surface area contributed by atoms with Crippen molar-refractivity contribution in [3.63, 3.8) is 0 Å². The number of aromatic nitrogens is 1. The van der Waals surface area contributed by atoms with E-state index in [-0.39, 0.29) is 0 Å². The molecular weight excluding hydrogens is 216 g/mol. The first-order chi connectivity index (χ1) is 7.74. The lowest BCUT2D eigenvalue weighted by atomic mass is 10.1. The normalized spacial score (nSPS) is 18.0. The Bertz CT molecular complexity index is 326. The topological polar surface area (TPSA) is 24.9 Å². The van der Waals surface area contributed by atoms with Crippen LogP contribution in [-0.4, -0.2) is 11.0 Å². The molecule has 1 aromatic heterocycles. The van der Waals surface area contributed by atoms with Crippen LogP contribution in [0.4, 0.5) is 0 Å². The van der Waals surface area contributed by atoms with Crippen LogP contribution in [0.5, 0.6) is 0 Å². The predicted molar refractivity (Wildman–Crippen MR) is 69.8 cm³/mol. The zero-order valence-corrected chi connectivity index (χ0v) is 11.3. The van der Waals surface area contributed by atoms with Crippen LogP contribution < -0.4 is 5.32 Å². The molecule has 0 spiro atoms. The molecule has 1 aliphatic rings. The fraction of sp³-hybridized carbons (Fsp3) is 0.769. The molecule has 3 heteroatoms. The van der Waals surface area contributed by atoms with Crippen LogP contribution in [0.25, 0.3) is 0 Å². The number of hydrogen-bond acceptors (Lipinski definition) is 3. The van der Waals surface area contributed by atoms with E-state index in [0.29, 0.717) is 12.1 Å². The third-order valence-corrected chi connectivity index (χ3v) is 4.40. The van der Waals surface area contributed by atoms with E-state index in [0.717, 1.165) is 5.92 Å². The van der Waals surface area contributed by atoms with E-state index in [1.54, 1.807) is 0 Å². The van der Waals surface area contributed by atoms with Crippen LogP contribution in [0.3, 0.4) is 0 Å². The summed E-state index contributed by atoms with van der Waals surface area (Å²) in [6.07, 6.45) is 7.17. The number of hydrogen-bond donors (Lipinski definition) is 1. The van der Waals surface area contributed by atoms with Gasteiger partial charge in [0, 0.05) is 17.1 Å². The van der Waals surface area contributed by atoms with Crippen molar-refractivity contribution in [3.8, 4) is 0 Å². The number of rotatable bonds is 6. The summed E-state index contributed by atoms with van der Waals surface area (Å²) in [5, 5.41) is 5.09. The molecular formula is C13H22N2S. The average Bonchev–Trinajstić information content (AvgIpc) is 3.03. The van der Waals surface area contributed by atoms with Gasteiger partial charge in [-0.3, -0.25) is 0 Å². The Balaban J connectivity index is 2.05. The van der Waals surface area contributed by atoms with Gasteiger partial charge in [0.15, 0.2) is 0 Å². The van der Waals surface area contributed by atoms with E-state index in [4.69, 9.17) is 0 Å². The Morgan fingerprint density at radius 2 is 2.12 bits per heavy atom. The summed E-state index contributed by atoms with van der Waals surface area (Å²) >= 11 is 1.85. The van der Waals surface area contributed by atoms with Crippen LogP contribution in [0.2, 0.25) is 0 Å². The van der Waals surface area contributed by atoms with E-state index in [1.165, 1.54) is 35.6 Å². The molecule has 0 radical (unpaired) electrons. The lowest BCUT2D eigenvalue weighted by Gasteiger charge is -2.22. The standard InChI is InChI=1S/C13H22N2S/c1-4-11(5-2)15-12(10-6-7-10)13-14-8-9(3)16-13/h8,10-12,15H,4-7H2,1-3H3. The Morgan fingerprint density at radius 1 is 1.44 bits per heavy atom. The molecule has 2 rings (SSSR count). The summed E-state index contributed by atoms with van der Waals surface area (Å²) in [4.78, 5) is 5.88. The molecule has 1 saturated carbocycles. The van der Waals surface area contributed by atoms with Crippen LogP contribution in [0, 0.1) is 12.8 Å². The van der Waals surface area contributed by atoms with Crippen molar-refractivity contribution >= 4 is 11.3 Å². The molecule has 0 amide bonds. The molecule has 0 bridgehead atoms. The van der Waals surface area contributed by atoms with Gasteiger partial charge in [0.25, 0.3) is 0 Å². The molecule has 16 heavy (non-hydrogen) atoms. The molecule has 0 saturated heterocycles. The first kappa shape index (κ1) is 12.1. The molecule has 2 nitrogen and oxygen atoms in total. The van der Waals surface area contributed by atoms with Crippen molar-refractivity contribution in [2.45, 2.75) is 58.5 Å². The van der Waals surface area contributed by atoms with E-state index < -0.39 is 0 Å². The highest BCUT2D eigenvalue weighted by molar-refractivity contribution is 7.11. The van der Waals surface area contributed by atoms with Crippen molar-refractivity contribution < 1.29 is 0 Å². The molecule has 1 N–H and O–H groups in total. The highest BCUT2D eigenvalue weighted by Crippen LogP contribution is 2.42. The average molecular weight is 238 g/mol. The third-order valence-electron chi connectivity index (χ3n) is 3.40. The second-order valence-corrected chi connectivity index (χ2v) is 6.07. The molecule has 1 heterocycles. The summed E-state index contributed by atoms with van der Waals surface area (Å²) in [6.45, 7) is 6.67. The Morgan fingerprint density at radius 3 is 2.56 bits per heavy atom. The fourth-order valence-corrected chi connectivity index (χ4v) is 3.06. The lowest BCUT2D eigenvalue weighted by molar-refractivity contribution is 0.385. The highest BCUT2D eigenvalue weighted by Gasteiger charge is 2.34. The van der Waals surface area contributed by atoms with Gasteiger partial charge in [0.05, 0.1) is 6.04 Å². The Kier molecular flexibility index (Phi) is 3.98. The second-order valence-electron chi connectivity index (χ2n) is 4.80. The van der Waals surface area contributed by atoms with Gasteiger partial charge in [-0.25, -0.2) is 4.98 Å². The Labute approximate surface area is 102 Å². The number of nitrogens with one attached hydrogen (secondary N) is 1. The van der Waals surface area contributed by atoms with Gasteiger partial charge in [-0.15, -0.1) is 11.3 Å². The second kappa shape index (κ2) is 5.28. The van der Waals surface area contributed by atoms with Crippen molar-refractivity contribution in [1.82, 2.24) is 10.3 Å². The number of aryl methyl sites for hydroxylation is 1. The van der Waals surface area contributed by atoms with Crippen molar-refractivity contribution in [3.05, 3.63) is 16.1 Å². The van der Waals surface area contributed by atoms with Gasteiger partial charge in [-0.1, -0.05) is 13.8 Å². The minimum Gasteiger partial charge on any atom is -0.305 e. The van der Waals surface area contributed by atoms with E-state index in [2.05, 4.69) is 31.1 Å². The number of thiazole rings is 1. The zero-order chi connectivity index (χ0) is 11.5. The molecule has 90 valence electrons. The van der Waals surface area contributed by atoms with Gasteiger partial charge in [-0.2, -0.15) is 0 Å². The van der Waals surface area contributed by atoms with Crippen molar-refractivity contribution in [1.29, 1.82) is 0 Å². The summed E-state index contributed by atoms with van der Waals surface area (Å²) in [5.74, 6) is 0.839. The lowest BCUT2D eigenvalue weighted by Crippen LogP contribution is -2.33. The fourth-order valence-electron chi connectivity index (χ4n) is 2.13. The summed E-state index contributed by atoms with van der Waals surface area (Å²) in [5.41, 5.74) is 0. The summed E-state index contributed by atoms with van der Waals surface area (Å²) in [6, 6.07) is 1.17. The largest absolute Gasteiger partial charge is 0.305 e. The third kappa shape index (κ3) is 2.83. The quantitative estimate of drug-likeness (QED) is 0.817. The maximum absolute atomic E-state index is 4.56. The maximum atomic E-state index is 4.56. The van der Waals surface area contributed by atoms with E-state index in [1.807, 2.05) is 17.5 Å². The first-order valence-electron chi connectivity index (χ1n) is 6.43. The Hall–Kier alpha value is -0.410. The number of nitrogens with zero attached hydrogens (tertiary/aromatic N) is 1. The molecule has 1 atom stereocenters. The van der Waals surface area contributed by atoms with Crippen LogP contribution in [0.15, 0.2) is 6.20 Å². The SMILES string of the molecule is CCC(CC)NC(c1ncc(C)s1)C1CC1. The van der Waals surface area contributed by atoms with Crippen LogP contribution in [-0.2, 0) is 0 Å². The minimum atomic E-state index is 0.517. The van der Waals surface area contributed by atoms with E-state index in [9.17, 15) is 0 Å². The molecule has 1 unspecified atom stereocenters. The predicted octanol–water partition coefficient (Wildman–Crippen LogP) is 3.68.